The zero-order valence-corrected chi connectivity index (χ0v) is 12.8. The van der Waals surface area contributed by atoms with Crippen LogP contribution in [0.3, 0.4) is 0 Å². The van der Waals surface area contributed by atoms with E-state index in [-0.39, 0.29) is 6.04 Å². The van der Waals surface area contributed by atoms with Gasteiger partial charge in [-0.05, 0) is 38.8 Å². The molecule has 5 heteroatoms. The highest BCUT2D eigenvalue weighted by atomic mass is 16.5. The van der Waals surface area contributed by atoms with Crippen LogP contribution >= 0.6 is 0 Å². The molecule has 2 rings (SSSR count). The van der Waals surface area contributed by atoms with E-state index >= 15 is 0 Å². The highest BCUT2D eigenvalue weighted by Gasteiger charge is 2.22. The van der Waals surface area contributed by atoms with Gasteiger partial charge in [0.25, 0.3) is 0 Å². The number of likely N-dealkylation sites (tertiary alicyclic amines) is 1. The van der Waals surface area contributed by atoms with Gasteiger partial charge in [0.1, 0.15) is 0 Å². The second-order valence-corrected chi connectivity index (χ2v) is 5.88. The minimum atomic E-state index is -0.130. The molecule has 114 valence electrons. The van der Waals surface area contributed by atoms with Crippen LogP contribution < -0.4 is 5.73 Å². The highest BCUT2D eigenvalue weighted by Crippen LogP contribution is 2.25. The molecular formula is C15H28N4O. The van der Waals surface area contributed by atoms with Crippen molar-refractivity contribution in [3.8, 4) is 0 Å². The molecule has 1 unspecified atom stereocenters. The van der Waals surface area contributed by atoms with Gasteiger partial charge in [0, 0.05) is 12.5 Å². The largest absolute Gasteiger partial charge is 0.339 e. The molecule has 0 spiro atoms. The van der Waals surface area contributed by atoms with Crippen LogP contribution in [0.4, 0.5) is 0 Å². The Labute approximate surface area is 121 Å². The van der Waals surface area contributed by atoms with E-state index in [0.717, 1.165) is 51.2 Å². The van der Waals surface area contributed by atoms with Crippen LogP contribution in [0.5, 0.6) is 0 Å². The minimum Gasteiger partial charge on any atom is -0.339 e. The third kappa shape index (κ3) is 4.03. The standard InChI is InChI=1S/C15H28N4O/c1-3-7-12(8-4-2)15-17-14(18-20-15)13(16)11-19-9-5-6-10-19/h12-13H,3-11,16H2,1-2H3. The first kappa shape index (κ1) is 15.4. The summed E-state index contributed by atoms with van der Waals surface area (Å²) in [7, 11) is 0. The van der Waals surface area contributed by atoms with Crippen molar-refractivity contribution in [2.75, 3.05) is 19.6 Å². The average Bonchev–Trinajstić information content (AvgIpc) is 3.09. The predicted octanol–water partition coefficient (Wildman–Crippen LogP) is 2.85. The van der Waals surface area contributed by atoms with Crippen LogP contribution in [0, 0.1) is 0 Å². The van der Waals surface area contributed by atoms with Crippen molar-refractivity contribution < 1.29 is 4.52 Å². The molecule has 1 aliphatic heterocycles. The molecule has 2 heterocycles. The van der Waals surface area contributed by atoms with Crippen molar-refractivity contribution in [2.24, 2.45) is 5.73 Å². The molecule has 1 aliphatic rings. The zero-order valence-electron chi connectivity index (χ0n) is 12.8. The smallest absolute Gasteiger partial charge is 0.229 e. The number of hydrogen-bond donors (Lipinski definition) is 1. The lowest BCUT2D eigenvalue weighted by Gasteiger charge is -2.17. The number of aromatic nitrogens is 2. The van der Waals surface area contributed by atoms with Gasteiger partial charge in [-0.2, -0.15) is 4.98 Å². The van der Waals surface area contributed by atoms with Crippen molar-refractivity contribution in [3.05, 3.63) is 11.7 Å². The van der Waals surface area contributed by atoms with E-state index in [9.17, 15) is 0 Å². The van der Waals surface area contributed by atoms with Gasteiger partial charge < -0.3 is 15.2 Å². The van der Waals surface area contributed by atoms with Crippen LogP contribution in [-0.4, -0.2) is 34.7 Å². The van der Waals surface area contributed by atoms with Gasteiger partial charge in [-0.1, -0.05) is 31.8 Å². The van der Waals surface area contributed by atoms with Gasteiger partial charge in [-0.15, -0.1) is 0 Å². The van der Waals surface area contributed by atoms with E-state index in [1.54, 1.807) is 0 Å². The van der Waals surface area contributed by atoms with Gasteiger partial charge in [0.2, 0.25) is 5.89 Å². The Morgan fingerprint density at radius 1 is 1.20 bits per heavy atom. The summed E-state index contributed by atoms with van der Waals surface area (Å²) in [5.74, 6) is 1.84. The number of rotatable bonds is 8. The third-order valence-corrected chi connectivity index (χ3v) is 4.07. The molecule has 0 aromatic carbocycles. The first-order valence-corrected chi connectivity index (χ1v) is 8.06. The SMILES string of the molecule is CCCC(CCC)c1nc(C(N)CN2CCCC2)no1. The Bertz CT molecular complexity index is 381. The molecule has 1 aromatic rings. The summed E-state index contributed by atoms with van der Waals surface area (Å²) >= 11 is 0. The van der Waals surface area contributed by atoms with Gasteiger partial charge in [0.15, 0.2) is 5.82 Å². The van der Waals surface area contributed by atoms with E-state index in [1.807, 2.05) is 0 Å². The van der Waals surface area contributed by atoms with Gasteiger partial charge in [0.05, 0.1) is 6.04 Å². The highest BCUT2D eigenvalue weighted by molar-refractivity contribution is 4.98. The Kier molecular flexibility index (Phi) is 5.98. The lowest BCUT2D eigenvalue weighted by molar-refractivity contribution is 0.302. The van der Waals surface area contributed by atoms with E-state index in [4.69, 9.17) is 10.3 Å². The second-order valence-electron chi connectivity index (χ2n) is 5.88. The van der Waals surface area contributed by atoms with Gasteiger partial charge in [-0.25, -0.2) is 0 Å². The Morgan fingerprint density at radius 3 is 2.45 bits per heavy atom. The lowest BCUT2D eigenvalue weighted by Crippen LogP contribution is -2.30. The molecule has 0 amide bonds. The normalized spacial score (nSPS) is 18.0. The molecule has 20 heavy (non-hydrogen) atoms. The first-order chi connectivity index (χ1) is 9.74. The van der Waals surface area contributed by atoms with Crippen LogP contribution in [0.25, 0.3) is 0 Å². The topological polar surface area (TPSA) is 68.2 Å². The fraction of sp³-hybridized carbons (Fsp3) is 0.867. The van der Waals surface area contributed by atoms with Crippen molar-refractivity contribution in [2.45, 2.75) is 64.3 Å². The molecule has 2 N–H and O–H groups in total. The van der Waals surface area contributed by atoms with Crippen LogP contribution in [0.2, 0.25) is 0 Å². The summed E-state index contributed by atoms with van der Waals surface area (Å²) in [4.78, 5) is 6.95. The molecule has 0 bridgehead atoms. The summed E-state index contributed by atoms with van der Waals surface area (Å²) in [5, 5.41) is 4.11. The van der Waals surface area contributed by atoms with Crippen molar-refractivity contribution in [1.29, 1.82) is 0 Å². The maximum atomic E-state index is 6.21. The minimum absolute atomic E-state index is 0.130. The summed E-state index contributed by atoms with van der Waals surface area (Å²) in [5.41, 5.74) is 6.21. The first-order valence-electron chi connectivity index (χ1n) is 8.06. The number of nitrogens with two attached hydrogens (primary N) is 1. The maximum Gasteiger partial charge on any atom is 0.229 e. The number of nitrogens with zero attached hydrogens (tertiary/aromatic N) is 3. The Hall–Kier alpha value is -0.940. The van der Waals surface area contributed by atoms with Crippen LogP contribution in [0.15, 0.2) is 4.52 Å². The molecule has 1 atom stereocenters. The summed E-state index contributed by atoms with van der Waals surface area (Å²) in [6.07, 6.45) is 7.05. The average molecular weight is 280 g/mol. The fourth-order valence-corrected chi connectivity index (χ4v) is 2.98. The van der Waals surface area contributed by atoms with Crippen LogP contribution in [-0.2, 0) is 0 Å². The molecule has 0 radical (unpaired) electrons. The molecule has 5 nitrogen and oxygen atoms in total. The molecule has 1 aromatic heterocycles. The van der Waals surface area contributed by atoms with E-state index in [1.165, 1.54) is 12.8 Å². The third-order valence-electron chi connectivity index (χ3n) is 4.07. The number of hydrogen-bond acceptors (Lipinski definition) is 5. The molecule has 1 saturated heterocycles. The molecular weight excluding hydrogens is 252 g/mol. The van der Waals surface area contributed by atoms with E-state index in [0.29, 0.717) is 11.7 Å². The van der Waals surface area contributed by atoms with Crippen molar-refractivity contribution in [3.63, 3.8) is 0 Å². The Morgan fingerprint density at radius 2 is 1.85 bits per heavy atom. The quantitative estimate of drug-likeness (QED) is 0.793. The second kappa shape index (κ2) is 7.74. The van der Waals surface area contributed by atoms with Gasteiger partial charge >= 0.3 is 0 Å². The summed E-state index contributed by atoms with van der Waals surface area (Å²) < 4.78 is 5.46. The fourth-order valence-electron chi connectivity index (χ4n) is 2.98. The summed E-state index contributed by atoms with van der Waals surface area (Å²) in [6.45, 7) is 7.52. The van der Waals surface area contributed by atoms with Crippen LogP contribution in [0.1, 0.15) is 76.0 Å². The van der Waals surface area contributed by atoms with Crippen molar-refractivity contribution >= 4 is 0 Å². The van der Waals surface area contributed by atoms with E-state index in [2.05, 4.69) is 28.9 Å². The lowest BCUT2D eigenvalue weighted by atomic mass is 9.98. The van der Waals surface area contributed by atoms with Gasteiger partial charge in [-0.3, -0.25) is 0 Å². The van der Waals surface area contributed by atoms with Crippen molar-refractivity contribution in [1.82, 2.24) is 15.0 Å². The van der Waals surface area contributed by atoms with E-state index < -0.39 is 0 Å². The Balaban J connectivity index is 1.95. The maximum absolute atomic E-state index is 6.21. The monoisotopic (exact) mass is 280 g/mol. The molecule has 0 aliphatic carbocycles. The predicted molar refractivity (Wildman–Crippen MR) is 79.5 cm³/mol. The summed E-state index contributed by atoms with van der Waals surface area (Å²) in [6, 6.07) is -0.130. The molecule has 1 fully saturated rings. The molecule has 0 saturated carbocycles. The zero-order chi connectivity index (χ0) is 14.4.